The molecule has 0 aliphatic carbocycles. The Balaban J connectivity index is 1.52. The largest absolute Gasteiger partial charge is 0.356 e. The maximum absolute atomic E-state index is 12.4. The zero-order valence-electron chi connectivity index (χ0n) is 14.4. The first-order chi connectivity index (χ1) is 12.2. The summed E-state index contributed by atoms with van der Waals surface area (Å²) < 4.78 is 1.73. The lowest BCUT2D eigenvalue weighted by Gasteiger charge is -2.20. The van der Waals surface area contributed by atoms with Crippen molar-refractivity contribution in [2.45, 2.75) is 32.7 Å². The third-order valence-corrected chi connectivity index (χ3v) is 4.49. The molecule has 1 N–H and O–H groups in total. The van der Waals surface area contributed by atoms with E-state index in [-0.39, 0.29) is 24.2 Å². The van der Waals surface area contributed by atoms with Crippen molar-refractivity contribution >= 4 is 17.5 Å². The maximum Gasteiger partial charge on any atom is 0.227 e. The highest BCUT2D eigenvalue weighted by Gasteiger charge is 2.35. The van der Waals surface area contributed by atoms with Crippen molar-refractivity contribution in [2.24, 2.45) is 5.92 Å². The maximum atomic E-state index is 12.4. The van der Waals surface area contributed by atoms with Crippen LogP contribution in [0.1, 0.15) is 25.3 Å². The van der Waals surface area contributed by atoms with E-state index in [4.69, 9.17) is 0 Å². The van der Waals surface area contributed by atoms with Gasteiger partial charge in [-0.3, -0.25) is 14.3 Å². The first-order valence-electron chi connectivity index (χ1n) is 8.67. The van der Waals surface area contributed by atoms with E-state index in [1.165, 1.54) is 6.33 Å². The number of carbonyl (C=O) groups is 2. The van der Waals surface area contributed by atoms with Crippen LogP contribution >= 0.6 is 0 Å². The van der Waals surface area contributed by atoms with Gasteiger partial charge < -0.3 is 10.2 Å². The summed E-state index contributed by atoms with van der Waals surface area (Å²) in [6, 6.07) is 7.89. The van der Waals surface area contributed by atoms with Crippen LogP contribution in [0.3, 0.4) is 0 Å². The standard InChI is InChI=1S/C18H23N5O2/c1-2-14-6-3-4-7-16(14)23-11-15(10-17(23)24)18(25)20-8-5-9-22-13-19-12-21-22/h3-4,6-7,12-13,15H,2,5,8-11H2,1H3,(H,20,25)/t15-/m0/s1. The summed E-state index contributed by atoms with van der Waals surface area (Å²) in [7, 11) is 0. The number of anilines is 1. The van der Waals surface area contributed by atoms with Crippen LogP contribution < -0.4 is 10.2 Å². The van der Waals surface area contributed by atoms with Crippen LogP contribution in [-0.2, 0) is 22.6 Å². The highest BCUT2D eigenvalue weighted by Crippen LogP contribution is 2.28. The molecule has 1 atom stereocenters. The molecular formula is C18H23N5O2. The van der Waals surface area contributed by atoms with Crippen molar-refractivity contribution in [1.82, 2.24) is 20.1 Å². The fraction of sp³-hybridized carbons (Fsp3) is 0.444. The molecule has 2 amide bonds. The van der Waals surface area contributed by atoms with E-state index < -0.39 is 0 Å². The molecule has 0 bridgehead atoms. The second-order valence-electron chi connectivity index (χ2n) is 6.19. The number of aromatic nitrogens is 3. The zero-order valence-corrected chi connectivity index (χ0v) is 14.4. The topological polar surface area (TPSA) is 80.1 Å². The molecule has 3 rings (SSSR count). The summed E-state index contributed by atoms with van der Waals surface area (Å²) in [4.78, 5) is 30.4. The Morgan fingerprint density at radius 2 is 2.20 bits per heavy atom. The summed E-state index contributed by atoms with van der Waals surface area (Å²) in [5.74, 6) is -0.323. The number of hydrogen-bond donors (Lipinski definition) is 1. The van der Waals surface area contributed by atoms with Crippen molar-refractivity contribution in [1.29, 1.82) is 0 Å². The third kappa shape index (κ3) is 4.04. The van der Waals surface area contributed by atoms with E-state index >= 15 is 0 Å². The molecular weight excluding hydrogens is 318 g/mol. The first kappa shape index (κ1) is 17.1. The molecule has 1 saturated heterocycles. The molecule has 1 fully saturated rings. The van der Waals surface area contributed by atoms with Gasteiger partial charge in [0.1, 0.15) is 12.7 Å². The summed E-state index contributed by atoms with van der Waals surface area (Å²) in [5.41, 5.74) is 2.06. The molecule has 2 aromatic rings. The second-order valence-corrected chi connectivity index (χ2v) is 6.19. The molecule has 0 unspecified atom stereocenters. The predicted molar refractivity (Wildman–Crippen MR) is 93.9 cm³/mol. The lowest BCUT2D eigenvalue weighted by Crippen LogP contribution is -2.34. The lowest BCUT2D eigenvalue weighted by atomic mass is 10.1. The third-order valence-electron chi connectivity index (χ3n) is 4.49. The minimum absolute atomic E-state index is 0.0173. The van der Waals surface area contributed by atoms with Gasteiger partial charge in [-0.2, -0.15) is 5.10 Å². The van der Waals surface area contributed by atoms with Gasteiger partial charge in [0.05, 0.1) is 5.92 Å². The second kappa shape index (κ2) is 7.92. The van der Waals surface area contributed by atoms with E-state index in [1.54, 1.807) is 15.9 Å². The number of carbonyl (C=O) groups excluding carboxylic acids is 2. The number of benzene rings is 1. The van der Waals surface area contributed by atoms with Gasteiger partial charge in [0.2, 0.25) is 11.8 Å². The molecule has 0 saturated carbocycles. The monoisotopic (exact) mass is 341 g/mol. The quantitative estimate of drug-likeness (QED) is 0.772. The Morgan fingerprint density at radius 1 is 1.36 bits per heavy atom. The van der Waals surface area contributed by atoms with Crippen LogP contribution in [0.15, 0.2) is 36.9 Å². The summed E-state index contributed by atoms with van der Waals surface area (Å²) >= 11 is 0. The van der Waals surface area contributed by atoms with Gasteiger partial charge in [-0.15, -0.1) is 0 Å². The molecule has 7 nitrogen and oxygen atoms in total. The van der Waals surface area contributed by atoms with E-state index in [0.717, 1.165) is 24.1 Å². The Kier molecular flexibility index (Phi) is 5.42. The van der Waals surface area contributed by atoms with E-state index in [0.29, 0.717) is 19.6 Å². The van der Waals surface area contributed by atoms with Crippen LogP contribution in [0.2, 0.25) is 0 Å². The molecule has 1 aliphatic heterocycles. The van der Waals surface area contributed by atoms with Gasteiger partial charge >= 0.3 is 0 Å². The first-order valence-corrected chi connectivity index (χ1v) is 8.67. The minimum atomic E-state index is -0.288. The number of para-hydroxylation sites is 1. The van der Waals surface area contributed by atoms with Crippen LogP contribution in [0, 0.1) is 5.92 Å². The fourth-order valence-corrected chi connectivity index (χ4v) is 3.13. The number of rotatable bonds is 7. The zero-order chi connectivity index (χ0) is 17.6. The lowest BCUT2D eigenvalue weighted by molar-refractivity contribution is -0.126. The van der Waals surface area contributed by atoms with Crippen LogP contribution in [-0.4, -0.2) is 39.7 Å². The molecule has 1 aromatic heterocycles. The SMILES string of the molecule is CCc1ccccc1N1C[C@@H](C(=O)NCCCn2cncn2)CC1=O. The van der Waals surface area contributed by atoms with Crippen LogP contribution in [0.4, 0.5) is 5.69 Å². The van der Waals surface area contributed by atoms with Crippen molar-refractivity contribution in [3.8, 4) is 0 Å². The Labute approximate surface area is 147 Å². The molecule has 0 spiro atoms. The summed E-state index contributed by atoms with van der Waals surface area (Å²) in [5, 5.41) is 6.95. The van der Waals surface area contributed by atoms with Crippen LogP contribution in [0.25, 0.3) is 0 Å². The summed E-state index contributed by atoms with van der Waals surface area (Å²) in [6.07, 6.45) is 5.05. The van der Waals surface area contributed by atoms with Gasteiger partial charge in [-0.05, 0) is 24.5 Å². The smallest absolute Gasteiger partial charge is 0.227 e. The van der Waals surface area contributed by atoms with Gasteiger partial charge in [0.25, 0.3) is 0 Å². The molecule has 1 aromatic carbocycles. The summed E-state index contributed by atoms with van der Waals surface area (Å²) in [6.45, 7) is 3.79. The average Bonchev–Trinajstić information content (AvgIpc) is 3.28. The van der Waals surface area contributed by atoms with Gasteiger partial charge in [-0.25, -0.2) is 4.98 Å². The molecule has 132 valence electrons. The number of nitrogens with zero attached hydrogens (tertiary/aromatic N) is 4. The van der Waals surface area contributed by atoms with Crippen molar-refractivity contribution in [2.75, 3.05) is 18.0 Å². The highest BCUT2D eigenvalue weighted by molar-refractivity contribution is 6.00. The Morgan fingerprint density at radius 3 is 2.96 bits per heavy atom. The molecule has 0 radical (unpaired) electrons. The van der Waals surface area contributed by atoms with Crippen molar-refractivity contribution < 1.29 is 9.59 Å². The number of amides is 2. The van der Waals surface area contributed by atoms with Crippen molar-refractivity contribution in [3.05, 3.63) is 42.5 Å². The van der Waals surface area contributed by atoms with Gasteiger partial charge in [0.15, 0.2) is 0 Å². The fourth-order valence-electron chi connectivity index (χ4n) is 3.13. The van der Waals surface area contributed by atoms with E-state index in [9.17, 15) is 9.59 Å². The molecule has 1 aliphatic rings. The van der Waals surface area contributed by atoms with E-state index in [1.807, 2.05) is 24.3 Å². The average molecular weight is 341 g/mol. The van der Waals surface area contributed by atoms with Crippen LogP contribution in [0.5, 0.6) is 0 Å². The minimum Gasteiger partial charge on any atom is -0.356 e. The Hall–Kier alpha value is -2.70. The predicted octanol–water partition coefficient (Wildman–Crippen LogP) is 1.40. The van der Waals surface area contributed by atoms with Gasteiger partial charge in [-0.1, -0.05) is 25.1 Å². The highest BCUT2D eigenvalue weighted by atomic mass is 16.2. The number of nitrogens with one attached hydrogen (secondary N) is 1. The van der Waals surface area contributed by atoms with Crippen molar-refractivity contribution in [3.63, 3.8) is 0 Å². The number of aryl methyl sites for hydroxylation is 2. The normalized spacial score (nSPS) is 17.1. The Bertz CT molecular complexity index is 729. The number of hydrogen-bond acceptors (Lipinski definition) is 4. The molecule has 25 heavy (non-hydrogen) atoms. The molecule has 2 heterocycles. The van der Waals surface area contributed by atoms with E-state index in [2.05, 4.69) is 22.3 Å². The van der Waals surface area contributed by atoms with Gasteiger partial charge in [0, 0.05) is 31.7 Å². The molecule has 7 heteroatoms.